The summed E-state index contributed by atoms with van der Waals surface area (Å²) < 4.78 is 11.0. The molecule has 1 heterocycles. The molecule has 1 fully saturated rings. The minimum atomic E-state index is -0.125. The summed E-state index contributed by atoms with van der Waals surface area (Å²) in [4.78, 5) is 14.9. The van der Waals surface area contributed by atoms with Gasteiger partial charge in [0.2, 0.25) is 5.91 Å². The van der Waals surface area contributed by atoms with Gasteiger partial charge in [0, 0.05) is 19.1 Å². The lowest BCUT2D eigenvalue weighted by Crippen LogP contribution is -2.42. The largest absolute Gasteiger partial charge is 0.497 e. The molecule has 1 aliphatic carbocycles. The van der Waals surface area contributed by atoms with Crippen LogP contribution in [0, 0.1) is 5.92 Å². The van der Waals surface area contributed by atoms with Gasteiger partial charge in [0.1, 0.15) is 18.1 Å². The number of carbonyl (C=O) groups excluding carboxylic acids is 1. The van der Waals surface area contributed by atoms with Crippen molar-refractivity contribution in [1.82, 2.24) is 10.2 Å². The Balaban J connectivity index is 1.45. The van der Waals surface area contributed by atoms with Crippen molar-refractivity contribution in [3.05, 3.63) is 23.8 Å². The van der Waals surface area contributed by atoms with Gasteiger partial charge in [-0.3, -0.25) is 4.79 Å². The summed E-state index contributed by atoms with van der Waals surface area (Å²) in [5.74, 6) is 1.63. The predicted molar refractivity (Wildman–Crippen MR) is 98.2 cm³/mol. The van der Waals surface area contributed by atoms with Crippen LogP contribution in [0.5, 0.6) is 11.5 Å². The zero-order chi connectivity index (χ0) is 17.6. The fourth-order valence-corrected chi connectivity index (χ4v) is 3.87. The van der Waals surface area contributed by atoms with E-state index in [1.807, 2.05) is 18.2 Å². The van der Waals surface area contributed by atoms with E-state index in [-0.39, 0.29) is 11.8 Å². The molecule has 0 aromatic heterocycles. The third-order valence-corrected chi connectivity index (χ3v) is 5.51. The van der Waals surface area contributed by atoms with Gasteiger partial charge in [-0.2, -0.15) is 0 Å². The molecule has 138 valence electrons. The number of fused-ring (bicyclic) bond motifs is 1. The zero-order valence-corrected chi connectivity index (χ0v) is 15.4. The highest BCUT2D eigenvalue weighted by atomic mass is 16.5. The van der Waals surface area contributed by atoms with Crippen LogP contribution in [0.4, 0.5) is 0 Å². The first-order valence-electron chi connectivity index (χ1n) is 9.45. The molecule has 1 N–H and O–H groups in total. The van der Waals surface area contributed by atoms with E-state index in [2.05, 4.69) is 17.3 Å². The number of benzene rings is 1. The van der Waals surface area contributed by atoms with Crippen LogP contribution in [0.2, 0.25) is 0 Å². The van der Waals surface area contributed by atoms with Crippen molar-refractivity contribution in [1.29, 1.82) is 0 Å². The maximum absolute atomic E-state index is 12.5. The third-order valence-electron chi connectivity index (χ3n) is 5.51. The Morgan fingerprint density at radius 1 is 1.32 bits per heavy atom. The monoisotopic (exact) mass is 346 g/mol. The van der Waals surface area contributed by atoms with Gasteiger partial charge in [-0.15, -0.1) is 0 Å². The molecule has 0 unspecified atom stereocenters. The van der Waals surface area contributed by atoms with E-state index < -0.39 is 0 Å². The van der Waals surface area contributed by atoms with E-state index in [0.29, 0.717) is 25.6 Å². The topological polar surface area (TPSA) is 50.8 Å². The lowest BCUT2D eigenvalue weighted by Gasteiger charge is -2.31. The number of hydrogen-bond acceptors (Lipinski definition) is 4. The molecule has 3 rings (SSSR count). The van der Waals surface area contributed by atoms with E-state index >= 15 is 0 Å². The highest BCUT2D eigenvalue weighted by molar-refractivity contribution is 5.79. The Bertz CT molecular complexity index is 584. The molecule has 0 bridgehead atoms. The van der Waals surface area contributed by atoms with Crippen molar-refractivity contribution >= 4 is 5.91 Å². The lowest BCUT2D eigenvalue weighted by molar-refractivity contribution is -0.126. The van der Waals surface area contributed by atoms with Crippen LogP contribution in [0.1, 0.15) is 37.7 Å². The highest BCUT2D eigenvalue weighted by Gasteiger charge is 2.26. The summed E-state index contributed by atoms with van der Waals surface area (Å²) in [6.45, 7) is 2.06. The van der Waals surface area contributed by atoms with E-state index in [4.69, 9.17) is 9.47 Å². The molecule has 0 radical (unpaired) electrons. The van der Waals surface area contributed by atoms with Crippen molar-refractivity contribution in [2.45, 2.75) is 44.6 Å². The van der Waals surface area contributed by atoms with Crippen LogP contribution in [-0.2, 0) is 11.2 Å². The van der Waals surface area contributed by atoms with Gasteiger partial charge >= 0.3 is 0 Å². The van der Waals surface area contributed by atoms with Crippen LogP contribution in [0.15, 0.2) is 18.2 Å². The number of amides is 1. The zero-order valence-electron chi connectivity index (χ0n) is 15.4. The molecular formula is C20H30N2O3. The SMILES string of the molecule is COc1ccc2c(c1)C[C@H](C(=O)NCCN(C)C1CCCCC1)CO2. The fraction of sp³-hybridized carbons (Fsp3) is 0.650. The minimum absolute atomic E-state index is 0.0884. The number of nitrogens with zero attached hydrogens (tertiary/aromatic N) is 1. The van der Waals surface area contributed by atoms with Gasteiger partial charge < -0.3 is 19.7 Å². The molecule has 1 aliphatic heterocycles. The number of ether oxygens (including phenoxy) is 2. The van der Waals surface area contributed by atoms with E-state index in [1.54, 1.807) is 7.11 Å². The molecule has 5 nitrogen and oxygen atoms in total. The lowest BCUT2D eigenvalue weighted by atomic mass is 9.94. The number of methoxy groups -OCH3 is 1. The first-order chi connectivity index (χ1) is 12.2. The van der Waals surface area contributed by atoms with E-state index in [1.165, 1.54) is 32.1 Å². The molecule has 1 aromatic carbocycles. The van der Waals surface area contributed by atoms with Crippen molar-refractivity contribution in [2.75, 3.05) is 33.9 Å². The second-order valence-electron chi connectivity index (χ2n) is 7.25. The summed E-state index contributed by atoms with van der Waals surface area (Å²) in [7, 11) is 3.83. The maximum atomic E-state index is 12.5. The number of carbonyl (C=O) groups is 1. The Hall–Kier alpha value is -1.75. The standard InChI is InChI=1S/C20H30N2O3/c1-22(17-6-4-3-5-7-17)11-10-21-20(23)16-12-15-13-18(24-2)8-9-19(15)25-14-16/h8-9,13,16-17H,3-7,10-12,14H2,1-2H3,(H,21,23)/t16-/m0/s1. The van der Waals surface area contributed by atoms with Gasteiger partial charge in [0.05, 0.1) is 13.0 Å². The van der Waals surface area contributed by atoms with Crippen LogP contribution >= 0.6 is 0 Å². The van der Waals surface area contributed by atoms with Gasteiger partial charge in [-0.1, -0.05) is 19.3 Å². The molecule has 1 saturated carbocycles. The Morgan fingerprint density at radius 2 is 2.12 bits per heavy atom. The van der Waals surface area contributed by atoms with Gasteiger partial charge in [0.15, 0.2) is 0 Å². The molecule has 0 spiro atoms. The Labute approximate surface area is 150 Å². The normalized spacial score (nSPS) is 20.7. The minimum Gasteiger partial charge on any atom is -0.497 e. The quantitative estimate of drug-likeness (QED) is 0.860. The van der Waals surface area contributed by atoms with Crippen LogP contribution in [0.25, 0.3) is 0 Å². The highest BCUT2D eigenvalue weighted by Crippen LogP contribution is 2.30. The summed E-state index contributed by atoms with van der Waals surface area (Å²) >= 11 is 0. The maximum Gasteiger partial charge on any atom is 0.226 e. The molecule has 25 heavy (non-hydrogen) atoms. The molecule has 1 aromatic rings. The van der Waals surface area contributed by atoms with Crippen molar-refractivity contribution in [3.63, 3.8) is 0 Å². The molecule has 1 atom stereocenters. The molecule has 5 heteroatoms. The Morgan fingerprint density at radius 3 is 2.88 bits per heavy atom. The van der Waals surface area contributed by atoms with Gasteiger partial charge in [-0.05, 0) is 50.1 Å². The number of hydrogen-bond donors (Lipinski definition) is 1. The average Bonchev–Trinajstić information content (AvgIpc) is 2.67. The van der Waals surface area contributed by atoms with Crippen molar-refractivity contribution in [3.8, 4) is 11.5 Å². The smallest absolute Gasteiger partial charge is 0.226 e. The first kappa shape index (κ1) is 18.1. The molecule has 0 saturated heterocycles. The number of rotatable bonds is 6. The van der Waals surface area contributed by atoms with Crippen LogP contribution in [0.3, 0.4) is 0 Å². The molecule has 2 aliphatic rings. The third kappa shape index (κ3) is 4.66. The van der Waals surface area contributed by atoms with E-state index in [0.717, 1.165) is 23.6 Å². The fourth-order valence-electron chi connectivity index (χ4n) is 3.87. The second kappa shape index (κ2) is 8.56. The van der Waals surface area contributed by atoms with Crippen LogP contribution < -0.4 is 14.8 Å². The van der Waals surface area contributed by atoms with Crippen LogP contribution in [-0.4, -0.2) is 50.7 Å². The summed E-state index contributed by atoms with van der Waals surface area (Å²) in [5, 5.41) is 3.09. The number of likely N-dealkylation sites (N-methyl/N-ethyl adjacent to an activating group) is 1. The number of nitrogens with one attached hydrogen (secondary N) is 1. The first-order valence-corrected chi connectivity index (χ1v) is 9.45. The summed E-state index contributed by atoms with van der Waals surface area (Å²) in [6.07, 6.45) is 7.33. The average molecular weight is 346 g/mol. The Kier molecular flexibility index (Phi) is 6.19. The summed E-state index contributed by atoms with van der Waals surface area (Å²) in [6, 6.07) is 6.45. The van der Waals surface area contributed by atoms with Crippen molar-refractivity contribution in [2.24, 2.45) is 5.92 Å². The van der Waals surface area contributed by atoms with E-state index in [9.17, 15) is 4.79 Å². The second-order valence-corrected chi connectivity index (χ2v) is 7.25. The van der Waals surface area contributed by atoms with Gasteiger partial charge in [-0.25, -0.2) is 0 Å². The molecule has 1 amide bonds. The van der Waals surface area contributed by atoms with Gasteiger partial charge in [0.25, 0.3) is 0 Å². The molecular weight excluding hydrogens is 316 g/mol. The van der Waals surface area contributed by atoms with Crippen molar-refractivity contribution < 1.29 is 14.3 Å². The summed E-state index contributed by atoms with van der Waals surface area (Å²) in [5.41, 5.74) is 1.05. The predicted octanol–water partition coefficient (Wildman–Crippen LogP) is 2.63.